The maximum Gasteiger partial charge on any atom is 0.337 e. The van der Waals surface area contributed by atoms with Gasteiger partial charge in [-0.05, 0) is 30.9 Å². The Hall–Kier alpha value is -2.29. The fraction of sp³-hybridized carbons (Fsp3) is 0.235. The molecule has 0 aliphatic rings. The lowest BCUT2D eigenvalue weighted by Gasteiger charge is -2.09. The Morgan fingerprint density at radius 1 is 1.20 bits per heavy atom. The molecule has 0 unspecified atom stereocenters. The molecule has 0 saturated heterocycles. The Balaban J connectivity index is 2.17. The number of hydrogen-bond acceptors (Lipinski definition) is 1. The predicted octanol–water partition coefficient (Wildman–Crippen LogP) is 3.55. The average Bonchev–Trinajstić information content (AvgIpc) is 2.87. The number of nitrogens with zero attached hydrogens (tertiary/aromatic N) is 1. The van der Waals surface area contributed by atoms with E-state index in [0.29, 0.717) is 5.56 Å². The van der Waals surface area contributed by atoms with E-state index in [-0.39, 0.29) is 0 Å². The van der Waals surface area contributed by atoms with Gasteiger partial charge in [0.05, 0.1) is 5.56 Å². The Bertz CT molecular complexity index is 584. The Morgan fingerprint density at radius 3 is 2.60 bits per heavy atom. The molecule has 3 heteroatoms. The van der Waals surface area contributed by atoms with Crippen LogP contribution in [0.2, 0.25) is 0 Å². The van der Waals surface area contributed by atoms with Gasteiger partial charge in [-0.1, -0.05) is 36.4 Å². The summed E-state index contributed by atoms with van der Waals surface area (Å²) in [5.41, 5.74) is 2.52. The highest BCUT2D eigenvalue weighted by Crippen LogP contribution is 2.15. The van der Waals surface area contributed by atoms with E-state index in [2.05, 4.69) is 18.7 Å². The van der Waals surface area contributed by atoms with Gasteiger partial charge in [0.2, 0.25) is 0 Å². The first kappa shape index (κ1) is 14.1. The number of aryl methyl sites for hydroxylation is 2. The van der Waals surface area contributed by atoms with Crippen molar-refractivity contribution in [3.8, 4) is 0 Å². The van der Waals surface area contributed by atoms with Gasteiger partial charge in [-0.15, -0.1) is 6.58 Å². The molecule has 1 heterocycles. The van der Waals surface area contributed by atoms with E-state index >= 15 is 0 Å². The van der Waals surface area contributed by atoms with Crippen molar-refractivity contribution in [2.45, 2.75) is 25.8 Å². The second-order valence-corrected chi connectivity index (χ2v) is 4.74. The molecular formula is C17H19NO2. The molecule has 0 aliphatic heterocycles. The first-order valence-electron chi connectivity index (χ1n) is 6.78. The normalized spacial score (nSPS) is 10.4. The van der Waals surface area contributed by atoms with Crippen molar-refractivity contribution in [1.82, 2.24) is 4.57 Å². The molecule has 0 aliphatic carbocycles. The average molecular weight is 269 g/mol. The Labute approximate surface area is 119 Å². The lowest BCUT2D eigenvalue weighted by atomic mass is 10.1. The summed E-state index contributed by atoms with van der Waals surface area (Å²) in [6.45, 7) is 4.49. The predicted molar refractivity (Wildman–Crippen MR) is 80.1 cm³/mol. The van der Waals surface area contributed by atoms with Crippen LogP contribution in [0.25, 0.3) is 0 Å². The van der Waals surface area contributed by atoms with E-state index in [4.69, 9.17) is 0 Å². The molecule has 0 saturated carbocycles. The zero-order valence-electron chi connectivity index (χ0n) is 11.5. The van der Waals surface area contributed by atoms with Gasteiger partial charge in [-0.25, -0.2) is 4.79 Å². The van der Waals surface area contributed by atoms with Crippen molar-refractivity contribution in [1.29, 1.82) is 0 Å². The number of allylic oxidation sites excluding steroid dienone is 1. The summed E-state index contributed by atoms with van der Waals surface area (Å²) in [6, 6.07) is 11.8. The minimum atomic E-state index is -0.856. The topological polar surface area (TPSA) is 42.2 Å². The molecule has 0 atom stereocenters. The fourth-order valence-electron chi connectivity index (χ4n) is 2.33. The molecule has 2 rings (SSSR count). The fourth-order valence-corrected chi connectivity index (χ4v) is 2.33. The highest BCUT2D eigenvalue weighted by Gasteiger charge is 2.14. The molecule has 1 N–H and O–H groups in total. The maximum atomic E-state index is 11.3. The number of aromatic nitrogens is 1. The minimum Gasteiger partial charge on any atom is -0.478 e. The van der Waals surface area contributed by atoms with Crippen molar-refractivity contribution < 1.29 is 9.90 Å². The highest BCUT2D eigenvalue weighted by molar-refractivity contribution is 5.89. The molecule has 0 amide bonds. The number of carbonyl (C=O) groups is 1. The zero-order chi connectivity index (χ0) is 14.4. The van der Waals surface area contributed by atoms with E-state index in [1.807, 2.05) is 35.0 Å². The third kappa shape index (κ3) is 3.38. The Kier molecular flexibility index (Phi) is 4.77. The number of carboxylic acid groups (broad SMARTS) is 1. The van der Waals surface area contributed by atoms with Crippen molar-refractivity contribution >= 4 is 5.97 Å². The quantitative estimate of drug-likeness (QED) is 0.781. The first-order valence-corrected chi connectivity index (χ1v) is 6.78. The van der Waals surface area contributed by atoms with Crippen molar-refractivity contribution in [3.63, 3.8) is 0 Å². The molecule has 0 spiro atoms. The minimum absolute atomic E-state index is 0.407. The summed E-state index contributed by atoms with van der Waals surface area (Å²) < 4.78 is 2.02. The number of hydrogen-bond donors (Lipinski definition) is 1. The number of aromatic carboxylic acids is 1. The zero-order valence-corrected chi connectivity index (χ0v) is 11.5. The lowest BCUT2D eigenvalue weighted by Crippen LogP contribution is -2.08. The third-order valence-corrected chi connectivity index (χ3v) is 3.38. The summed E-state index contributed by atoms with van der Waals surface area (Å²) in [5, 5.41) is 9.27. The molecular weight excluding hydrogens is 250 g/mol. The van der Waals surface area contributed by atoms with Crippen LogP contribution in [0, 0.1) is 0 Å². The maximum absolute atomic E-state index is 11.3. The van der Waals surface area contributed by atoms with Crippen LogP contribution in [0.1, 0.15) is 28.0 Å². The van der Waals surface area contributed by atoms with Crippen LogP contribution in [-0.2, 0) is 19.4 Å². The lowest BCUT2D eigenvalue weighted by molar-refractivity contribution is 0.0695. The molecule has 0 radical (unpaired) electrons. The summed E-state index contributed by atoms with van der Waals surface area (Å²) >= 11 is 0. The molecule has 2 aromatic rings. The van der Waals surface area contributed by atoms with Crippen molar-refractivity contribution in [2.24, 2.45) is 0 Å². The van der Waals surface area contributed by atoms with E-state index in [0.717, 1.165) is 31.5 Å². The number of benzene rings is 1. The van der Waals surface area contributed by atoms with Crippen LogP contribution in [-0.4, -0.2) is 15.6 Å². The summed E-state index contributed by atoms with van der Waals surface area (Å²) in [7, 11) is 0. The van der Waals surface area contributed by atoms with Gasteiger partial charge in [0, 0.05) is 18.4 Å². The summed E-state index contributed by atoms with van der Waals surface area (Å²) in [5.74, 6) is -0.856. The van der Waals surface area contributed by atoms with Crippen molar-refractivity contribution in [3.05, 3.63) is 72.1 Å². The van der Waals surface area contributed by atoms with Crippen LogP contribution >= 0.6 is 0 Å². The standard InChI is InChI=1S/C17H19NO2/c1-2-3-12-18-13-11-15(17(19)20)16(18)10-9-14-7-5-4-6-8-14/h2,4-8,11,13H,1,3,9-10,12H2,(H,19,20). The highest BCUT2D eigenvalue weighted by atomic mass is 16.4. The van der Waals surface area contributed by atoms with Gasteiger partial charge in [-0.3, -0.25) is 0 Å². The largest absolute Gasteiger partial charge is 0.478 e. The second-order valence-electron chi connectivity index (χ2n) is 4.74. The van der Waals surface area contributed by atoms with Crippen LogP contribution < -0.4 is 0 Å². The van der Waals surface area contributed by atoms with Gasteiger partial charge in [0.1, 0.15) is 0 Å². The smallest absolute Gasteiger partial charge is 0.337 e. The van der Waals surface area contributed by atoms with E-state index in [9.17, 15) is 9.90 Å². The molecule has 3 nitrogen and oxygen atoms in total. The molecule has 0 bridgehead atoms. The molecule has 0 fully saturated rings. The molecule has 1 aromatic heterocycles. The van der Waals surface area contributed by atoms with Crippen LogP contribution in [0.4, 0.5) is 0 Å². The van der Waals surface area contributed by atoms with Gasteiger partial charge in [0.15, 0.2) is 0 Å². The third-order valence-electron chi connectivity index (χ3n) is 3.38. The SMILES string of the molecule is C=CCCn1ccc(C(=O)O)c1CCc1ccccc1. The van der Waals surface area contributed by atoms with Crippen LogP contribution in [0.3, 0.4) is 0 Å². The first-order chi connectivity index (χ1) is 9.72. The summed E-state index contributed by atoms with van der Waals surface area (Å²) in [6.07, 6.45) is 6.12. The van der Waals surface area contributed by atoms with Crippen LogP contribution in [0.15, 0.2) is 55.3 Å². The molecule has 20 heavy (non-hydrogen) atoms. The Morgan fingerprint density at radius 2 is 1.95 bits per heavy atom. The summed E-state index contributed by atoms with van der Waals surface area (Å²) in [4.78, 5) is 11.3. The number of carboxylic acids is 1. The van der Waals surface area contributed by atoms with E-state index in [1.54, 1.807) is 6.07 Å². The number of rotatable bonds is 7. The van der Waals surface area contributed by atoms with Crippen molar-refractivity contribution in [2.75, 3.05) is 0 Å². The van der Waals surface area contributed by atoms with Gasteiger partial charge < -0.3 is 9.67 Å². The second kappa shape index (κ2) is 6.75. The molecule has 1 aromatic carbocycles. The van der Waals surface area contributed by atoms with Gasteiger partial charge in [0.25, 0.3) is 0 Å². The van der Waals surface area contributed by atoms with E-state index < -0.39 is 5.97 Å². The monoisotopic (exact) mass is 269 g/mol. The van der Waals surface area contributed by atoms with E-state index in [1.165, 1.54) is 5.56 Å². The van der Waals surface area contributed by atoms with Crippen LogP contribution in [0.5, 0.6) is 0 Å². The van der Waals surface area contributed by atoms with Gasteiger partial charge >= 0.3 is 5.97 Å². The molecule has 104 valence electrons. The van der Waals surface area contributed by atoms with Gasteiger partial charge in [-0.2, -0.15) is 0 Å².